The first-order valence-corrected chi connectivity index (χ1v) is 10.4. The Labute approximate surface area is 187 Å². The first-order valence-electron chi connectivity index (χ1n) is 10.4. The number of carboxylic acid groups (broad SMARTS) is 1. The van der Waals surface area contributed by atoms with Gasteiger partial charge >= 0.3 is 12.1 Å². The molecular weight excluding hydrogens is 412 g/mol. The minimum absolute atomic E-state index is 0.00154. The van der Waals surface area contributed by atoms with E-state index in [1.165, 1.54) is 0 Å². The molecule has 1 aliphatic heterocycles. The van der Waals surface area contributed by atoms with Crippen molar-refractivity contribution in [1.82, 2.24) is 5.32 Å². The van der Waals surface area contributed by atoms with Crippen molar-refractivity contribution in [2.24, 2.45) is 0 Å². The SMILES string of the molecule is CC(C)(C)OC(=O)NC(=N)c1ccc(COc2ccc3c(c2)CCC(CC(=O)O)O3)cc1. The van der Waals surface area contributed by atoms with Gasteiger partial charge in [-0.3, -0.25) is 15.5 Å². The molecule has 0 radical (unpaired) electrons. The molecule has 2 aromatic carbocycles. The van der Waals surface area contributed by atoms with Crippen LogP contribution in [0.4, 0.5) is 4.79 Å². The number of nitrogens with one attached hydrogen (secondary N) is 2. The summed E-state index contributed by atoms with van der Waals surface area (Å²) in [6.07, 6.45) is 0.437. The van der Waals surface area contributed by atoms with Crippen molar-refractivity contribution in [3.05, 3.63) is 59.2 Å². The Morgan fingerprint density at radius 1 is 1.19 bits per heavy atom. The highest BCUT2D eigenvalue weighted by Gasteiger charge is 2.22. The Kier molecular flexibility index (Phi) is 7.02. The molecule has 1 atom stereocenters. The van der Waals surface area contributed by atoms with E-state index in [1.807, 2.05) is 24.3 Å². The molecule has 32 heavy (non-hydrogen) atoms. The lowest BCUT2D eigenvalue weighted by atomic mass is 10.0. The summed E-state index contributed by atoms with van der Waals surface area (Å²) < 4.78 is 16.8. The van der Waals surface area contributed by atoms with Crippen molar-refractivity contribution in [3.63, 3.8) is 0 Å². The minimum Gasteiger partial charge on any atom is -0.490 e. The lowest BCUT2D eigenvalue weighted by Gasteiger charge is -2.25. The average molecular weight is 440 g/mol. The number of hydrogen-bond acceptors (Lipinski definition) is 6. The lowest BCUT2D eigenvalue weighted by molar-refractivity contribution is -0.139. The molecule has 3 N–H and O–H groups in total. The molecule has 8 heteroatoms. The third-order valence-electron chi connectivity index (χ3n) is 4.74. The number of carbonyl (C=O) groups is 2. The molecule has 3 rings (SSSR count). The van der Waals surface area contributed by atoms with Gasteiger partial charge in [-0.15, -0.1) is 0 Å². The zero-order valence-electron chi connectivity index (χ0n) is 18.4. The van der Waals surface area contributed by atoms with Gasteiger partial charge in [-0.1, -0.05) is 24.3 Å². The van der Waals surface area contributed by atoms with Gasteiger partial charge in [0.15, 0.2) is 0 Å². The van der Waals surface area contributed by atoms with E-state index in [0.717, 1.165) is 17.5 Å². The van der Waals surface area contributed by atoms with E-state index < -0.39 is 17.7 Å². The van der Waals surface area contributed by atoms with Gasteiger partial charge in [-0.05, 0) is 62.9 Å². The highest BCUT2D eigenvalue weighted by molar-refractivity contribution is 6.04. The van der Waals surface area contributed by atoms with Crippen LogP contribution in [0.2, 0.25) is 0 Å². The first-order chi connectivity index (χ1) is 15.1. The second-order valence-corrected chi connectivity index (χ2v) is 8.63. The topological polar surface area (TPSA) is 118 Å². The van der Waals surface area contributed by atoms with Gasteiger partial charge in [-0.2, -0.15) is 0 Å². The molecule has 0 saturated carbocycles. The highest BCUT2D eigenvalue weighted by atomic mass is 16.6. The summed E-state index contributed by atoms with van der Waals surface area (Å²) in [5.74, 6) is 0.505. The van der Waals surface area contributed by atoms with Crippen LogP contribution in [0.5, 0.6) is 11.5 Å². The summed E-state index contributed by atoms with van der Waals surface area (Å²) in [5.41, 5.74) is 1.84. The van der Waals surface area contributed by atoms with Crippen LogP contribution in [0.1, 0.15) is 50.3 Å². The molecule has 0 spiro atoms. The summed E-state index contributed by atoms with van der Waals surface area (Å²) in [6, 6.07) is 12.7. The summed E-state index contributed by atoms with van der Waals surface area (Å²) in [4.78, 5) is 22.7. The molecule has 2 aromatic rings. The van der Waals surface area contributed by atoms with Gasteiger partial charge in [-0.25, -0.2) is 4.79 Å². The number of alkyl carbamates (subject to hydrolysis) is 1. The fourth-order valence-electron chi connectivity index (χ4n) is 3.26. The normalized spacial score (nSPS) is 15.2. The maximum Gasteiger partial charge on any atom is 0.413 e. The number of amides is 1. The third kappa shape index (κ3) is 6.73. The molecule has 0 saturated heterocycles. The van der Waals surface area contributed by atoms with Crippen molar-refractivity contribution < 1.29 is 28.9 Å². The van der Waals surface area contributed by atoms with E-state index in [0.29, 0.717) is 30.1 Å². The fraction of sp³-hybridized carbons (Fsp3) is 0.375. The summed E-state index contributed by atoms with van der Waals surface area (Å²) >= 11 is 0. The van der Waals surface area contributed by atoms with Crippen LogP contribution in [0, 0.1) is 5.41 Å². The molecule has 0 aromatic heterocycles. The second-order valence-electron chi connectivity index (χ2n) is 8.63. The number of benzene rings is 2. The summed E-state index contributed by atoms with van der Waals surface area (Å²) in [6.45, 7) is 5.62. The van der Waals surface area contributed by atoms with Crippen LogP contribution in [0.3, 0.4) is 0 Å². The maximum atomic E-state index is 11.8. The van der Waals surface area contributed by atoms with Crippen LogP contribution in [-0.2, 0) is 22.6 Å². The number of ether oxygens (including phenoxy) is 3. The van der Waals surface area contributed by atoms with Crippen molar-refractivity contribution >= 4 is 17.9 Å². The van der Waals surface area contributed by atoms with Crippen LogP contribution in [-0.4, -0.2) is 34.7 Å². The molecule has 1 unspecified atom stereocenters. The molecule has 8 nitrogen and oxygen atoms in total. The van der Waals surface area contributed by atoms with E-state index in [-0.39, 0.29) is 18.4 Å². The highest BCUT2D eigenvalue weighted by Crippen LogP contribution is 2.32. The van der Waals surface area contributed by atoms with Crippen LogP contribution in [0.25, 0.3) is 0 Å². The monoisotopic (exact) mass is 440 g/mol. The van der Waals surface area contributed by atoms with E-state index in [1.54, 1.807) is 39.0 Å². The quantitative estimate of drug-likeness (QED) is 0.456. The van der Waals surface area contributed by atoms with Gasteiger partial charge < -0.3 is 19.3 Å². The predicted octanol–water partition coefficient (Wildman–Crippen LogP) is 4.28. The molecule has 0 fully saturated rings. The number of aliphatic carboxylic acids is 1. The number of rotatable bonds is 6. The van der Waals surface area contributed by atoms with Gasteiger partial charge in [0.25, 0.3) is 0 Å². The van der Waals surface area contributed by atoms with Crippen LogP contribution in [0.15, 0.2) is 42.5 Å². The average Bonchev–Trinajstić information content (AvgIpc) is 2.70. The Hall–Kier alpha value is -3.55. The number of amidine groups is 1. The minimum atomic E-state index is -0.861. The van der Waals surface area contributed by atoms with Crippen molar-refractivity contribution in [1.29, 1.82) is 5.41 Å². The number of fused-ring (bicyclic) bond motifs is 1. The van der Waals surface area contributed by atoms with Gasteiger partial charge in [0.05, 0.1) is 6.42 Å². The maximum absolute atomic E-state index is 11.8. The third-order valence-corrected chi connectivity index (χ3v) is 4.74. The van der Waals surface area contributed by atoms with Crippen molar-refractivity contribution in [2.75, 3.05) is 0 Å². The smallest absolute Gasteiger partial charge is 0.413 e. The fourth-order valence-corrected chi connectivity index (χ4v) is 3.26. The molecule has 170 valence electrons. The van der Waals surface area contributed by atoms with Crippen molar-refractivity contribution in [3.8, 4) is 11.5 Å². The molecule has 1 aliphatic rings. The van der Waals surface area contributed by atoms with Gasteiger partial charge in [0.1, 0.15) is 35.6 Å². The Morgan fingerprint density at radius 2 is 1.91 bits per heavy atom. The van der Waals surface area contributed by atoms with Gasteiger partial charge in [0, 0.05) is 5.56 Å². The molecular formula is C24H28N2O6. The van der Waals surface area contributed by atoms with Crippen LogP contribution < -0.4 is 14.8 Å². The lowest BCUT2D eigenvalue weighted by Crippen LogP contribution is -2.36. The van der Waals surface area contributed by atoms with E-state index >= 15 is 0 Å². The molecule has 0 aliphatic carbocycles. The Morgan fingerprint density at radius 3 is 2.56 bits per heavy atom. The standard InChI is InChI=1S/C24H28N2O6/c1-24(2,3)32-23(29)26-22(25)16-6-4-15(5-7-16)14-30-18-10-11-20-17(12-18)8-9-19(31-20)13-21(27)28/h4-7,10-12,19H,8-9,13-14H2,1-3H3,(H,27,28)(H2,25,26,29). The Balaban J connectivity index is 1.53. The molecule has 1 heterocycles. The van der Waals surface area contributed by atoms with E-state index in [2.05, 4.69) is 5.32 Å². The van der Waals surface area contributed by atoms with Crippen LogP contribution >= 0.6 is 0 Å². The number of hydrogen-bond donors (Lipinski definition) is 3. The molecule has 0 bridgehead atoms. The summed E-state index contributed by atoms with van der Waals surface area (Å²) in [5, 5.41) is 19.4. The number of carbonyl (C=O) groups excluding carboxylic acids is 1. The zero-order valence-corrected chi connectivity index (χ0v) is 18.4. The Bertz CT molecular complexity index is 995. The first kappa shape index (κ1) is 23.1. The molecule has 1 amide bonds. The zero-order chi connectivity index (χ0) is 23.3. The van der Waals surface area contributed by atoms with E-state index in [4.69, 9.17) is 24.7 Å². The van der Waals surface area contributed by atoms with E-state index in [9.17, 15) is 9.59 Å². The number of aryl methyl sites for hydroxylation is 1. The summed E-state index contributed by atoms with van der Waals surface area (Å²) in [7, 11) is 0. The largest absolute Gasteiger partial charge is 0.490 e. The predicted molar refractivity (Wildman–Crippen MR) is 118 cm³/mol. The van der Waals surface area contributed by atoms with Crippen molar-refractivity contribution in [2.45, 2.75) is 58.3 Å². The van der Waals surface area contributed by atoms with Gasteiger partial charge in [0.2, 0.25) is 0 Å². The number of carboxylic acids is 1. The second kappa shape index (κ2) is 9.72.